The Morgan fingerprint density at radius 2 is 2.12 bits per heavy atom. The van der Waals surface area contributed by atoms with Crippen molar-refractivity contribution in [2.75, 3.05) is 0 Å². The van der Waals surface area contributed by atoms with Crippen LogP contribution in [0.4, 0.5) is 0 Å². The van der Waals surface area contributed by atoms with E-state index in [1.54, 1.807) is 6.07 Å². The lowest BCUT2D eigenvalue weighted by Crippen LogP contribution is -2.23. The van der Waals surface area contributed by atoms with Gasteiger partial charge in [-0.15, -0.1) is 0 Å². The summed E-state index contributed by atoms with van der Waals surface area (Å²) in [5, 5.41) is 9.16. The molecule has 1 fully saturated rings. The maximum Gasteiger partial charge on any atom is 0.337 e. The second kappa shape index (κ2) is 3.90. The van der Waals surface area contributed by atoms with Crippen molar-refractivity contribution in [2.45, 2.75) is 53.0 Å². The number of rotatable bonds is 2. The first kappa shape index (κ1) is 12.2. The molecule has 3 heteroatoms. The van der Waals surface area contributed by atoms with Crippen LogP contribution >= 0.6 is 0 Å². The Balaban J connectivity index is 2.49. The Hall–Kier alpha value is -1.25. The van der Waals surface area contributed by atoms with Crippen LogP contribution in [0.2, 0.25) is 0 Å². The average molecular weight is 235 g/mol. The molecule has 17 heavy (non-hydrogen) atoms. The number of hydrogen-bond acceptors (Lipinski definition) is 1. The van der Waals surface area contributed by atoms with Crippen LogP contribution in [0.25, 0.3) is 0 Å². The van der Waals surface area contributed by atoms with Gasteiger partial charge >= 0.3 is 5.97 Å². The summed E-state index contributed by atoms with van der Waals surface area (Å²) in [4.78, 5) is 11.2. The number of carboxylic acids is 1. The van der Waals surface area contributed by atoms with E-state index in [0.717, 1.165) is 17.8 Å². The SMILES string of the molecule is Cc1cc(C(=O)O)c(C)n1C1CCCC1(C)C. The van der Waals surface area contributed by atoms with Gasteiger partial charge in [-0.25, -0.2) is 4.79 Å². The summed E-state index contributed by atoms with van der Waals surface area (Å²) in [7, 11) is 0. The van der Waals surface area contributed by atoms with Crippen LogP contribution in [0, 0.1) is 19.3 Å². The molecule has 94 valence electrons. The summed E-state index contributed by atoms with van der Waals surface area (Å²) in [5.74, 6) is -0.819. The van der Waals surface area contributed by atoms with Crippen molar-refractivity contribution in [3.63, 3.8) is 0 Å². The van der Waals surface area contributed by atoms with E-state index in [4.69, 9.17) is 5.11 Å². The summed E-state index contributed by atoms with van der Waals surface area (Å²) in [6, 6.07) is 2.24. The number of carboxylic acid groups (broad SMARTS) is 1. The number of aromatic carboxylic acids is 1. The summed E-state index contributed by atoms with van der Waals surface area (Å²) in [6.45, 7) is 8.49. The Kier molecular flexibility index (Phi) is 2.80. The molecule has 0 radical (unpaired) electrons. The quantitative estimate of drug-likeness (QED) is 0.851. The third-order valence-electron chi connectivity index (χ3n) is 4.23. The predicted octanol–water partition coefficient (Wildman–Crippen LogP) is 3.55. The third kappa shape index (κ3) is 1.88. The zero-order valence-electron chi connectivity index (χ0n) is 11.1. The summed E-state index contributed by atoms with van der Waals surface area (Å²) in [6.07, 6.45) is 3.61. The van der Waals surface area contributed by atoms with Gasteiger partial charge in [-0.1, -0.05) is 20.3 Å². The van der Waals surface area contributed by atoms with Crippen molar-refractivity contribution in [1.82, 2.24) is 4.57 Å². The van der Waals surface area contributed by atoms with Crippen LogP contribution in [0.15, 0.2) is 6.07 Å². The first-order valence-corrected chi connectivity index (χ1v) is 6.26. The molecule has 1 N–H and O–H groups in total. The molecule has 2 rings (SSSR count). The fraction of sp³-hybridized carbons (Fsp3) is 0.643. The van der Waals surface area contributed by atoms with Gasteiger partial charge in [-0.3, -0.25) is 0 Å². The highest BCUT2D eigenvalue weighted by Gasteiger charge is 2.37. The van der Waals surface area contributed by atoms with Gasteiger partial charge in [-0.2, -0.15) is 0 Å². The average Bonchev–Trinajstić information content (AvgIpc) is 2.67. The molecule has 3 nitrogen and oxygen atoms in total. The molecule has 0 saturated heterocycles. The number of nitrogens with zero attached hydrogens (tertiary/aromatic N) is 1. The van der Waals surface area contributed by atoms with Gasteiger partial charge < -0.3 is 9.67 Å². The maximum atomic E-state index is 11.2. The van der Waals surface area contributed by atoms with Gasteiger partial charge in [0, 0.05) is 17.4 Å². The first-order chi connectivity index (χ1) is 7.84. The zero-order chi connectivity index (χ0) is 12.8. The predicted molar refractivity (Wildman–Crippen MR) is 67.5 cm³/mol. The Morgan fingerprint density at radius 3 is 2.53 bits per heavy atom. The largest absolute Gasteiger partial charge is 0.478 e. The van der Waals surface area contributed by atoms with Crippen LogP contribution in [0.1, 0.15) is 60.9 Å². The molecule has 0 bridgehead atoms. The molecule has 1 heterocycles. The molecule has 1 aliphatic rings. The van der Waals surface area contributed by atoms with E-state index >= 15 is 0 Å². The van der Waals surface area contributed by atoms with Crippen LogP contribution in [-0.2, 0) is 0 Å². The highest BCUT2D eigenvalue weighted by atomic mass is 16.4. The number of aryl methyl sites for hydroxylation is 1. The lowest BCUT2D eigenvalue weighted by Gasteiger charge is -2.31. The van der Waals surface area contributed by atoms with Crippen molar-refractivity contribution < 1.29 is 9.90 Å². The fourth-order valence-electron chi connectivity index (χ4n) is 3.26. The molecule has 0 aromatic carbocycles. The lowest BCUT2D eigenvalue weighted by atomic mass is 9.87. The molecule has 1 aromatic rings. The van der Waals surface area contributed by atoms with Crippen molar-refractivity contribution in [3.05, 3.63) is 23.0 Å². The summed E-state index contributed by atoms with van der Waals surface area (Å²) >= 11 is 0. The normalized spacial score (nSPS) is 22.9. The summed E-state index contributed by atoms with van der Waals surface area (Å²) < 4.78 is 2.23. The molecule has 1 aromatic heterocycles. The molecule has 0 aliphatic heterocycles. The Labute approximate surface area is 102 Å². The number of aromatic nitrogens is 1. The molecule has 1 aliphatic carbocycles. The summed E-state index contributed by atoms with van der Waals surface area (Å²) in [5.41, 5.74) is 2.68. The molecule has 1 atom stereocenters. The van der Waals surface area contributed by atoms with Crippen LogP contribution < -0.4 is 0 Å². The third-order valence-corrected chi connectivity index (χ3v) is 4.23. The van der Waals surface area contributed by atoms with Crippen molar-refractivity contribution in [3.8, 4) is 0 Å². The van der Waals surface area contributed by atoms with Crippen molar-refractivity contribution in [2.24, 2.45) is 5.41 Å². The van der Waals surface area contributed by atoms with Gasteiger partial charge in [0.1, 0.15) is 0 Å². The number of carbonyl (C=O) groups is 1. The van der Waals surface area contributed by atoms with E-state index in [1.807, 2.05) is 13.8 Å². The van der Waals surface area contributed by atoms with Gasteiger partial charge in [-0.05, 0) is 38.2 Å². The van der Waals surface area contributed by atoms with Crippen LogP contribution in [0.3, 0.4) is 0 Å². The first-order valence-electron chi connectivity index (χ1n) is 6.26. The van der Waals surface area contributed by atoms with Gasteiger partial charge in [0.25, 0.3) is 0 Å². The standard InChI is InChI=1S/C14H21NO2/c1-9-8-11(13(16)17)10(2)15(9)12-6-5-7-14(12,3)4/h8,12H,5-7H2,1-4H3,(H,16,17). The van der Waals surface area contributed by atoms with Crippen molar-refractivity contribution in [1.29, 1.82) is 0 Å². The van der Waals surface area contributed by atoms with Crippen LogP contribution in [0.5, 0.6) is 0 Å². The molecule has 1 unspecified atom stereocenters. The van der Waals surface area contributed by atoms with E-state index in [9.17, 15) is 4.79 Å². The van der Waals surface area contributed by atoms with E-state index in [0.29, 0.717) is 11.6 Å². The fourth-order valence-corrected chi connectivity index (χ4v) is 3.26. The maximum absolute atomic E-state index is 11.2. The monoisotopic (exact) mass is 235 g/mol. The Morgan fingerprint density at radius 1 is 1.47 bits per heavy atom. The van der Waals surface area contributed by atoms with Gasteiger partial charge in [0.15, 0.2) is 0 Å². The van der Waals surface area contributed by atoms with E-state index in [-0.39, 0.29) is 5.41 Å². The second-order valence-electron chi connectivity index (χ2n) is 5.86. The zero-order valence-corrected chi connectivity index (χ0v) is 11.1. The minimum Gasteiger partial charge on any atom is -0.478 e. The lowest BCUT2D eigenvalue weighted by molar-refractivity contribution is 0.0695. The molecular weight excluding hydrogens is 214 g/mol. The van der Waals surface area contributed by atoms with E-state index in [1.165, 1.54) is 12.8 Å². The van der Waals surface area contributed by atoms with Gasteiger partial charge in [0.05, 0.1) is 5.56 Å². The van der Waals surface area contributed by atoms with E-state index < -0.39 is 5.97 Å². The van der Waals surface area contributed by atoms with Gasteiger partial charge in [0.2, 0.25) is 0 Å². The highest BCUT2D eigenvalue weighted by molar-refractivity contribution is 5.89. The van der Waals surface area contributed by atoms with E-state index in [2.05, 4.69) is 18.4 Å². The smallest absolute Gasteiger partial charge is 0.337 e. The van der Waals surface area contributed by atoms with Crippen LogP contribution in [-0.4, -0.2) is 15.6 Å². The molecule has 0 amide bonds. The van der Waals surface area contributed by atoms with Crippen molar-refractivity contribution >= 4 is 5.97 Å². The number of hydrogen-bond donors (Lipinski definition) is 1. The highest BCUT2D eigenvalue weighted by Crippen LogP contribution is 2.47. The molecular formula is C14H21NO2. The molecule has 1 saturated carbocycles. The topological polar surface area (TPSA) is 42.2 Å². The Bertz CT molecular complexity index is 457. The molecule has 0 spiro atoms. The minimum atomic E-state index is -0.819. The second-order valence-corrected chi connectivity index (χ2v) is 5.86. The minimum absolute atomic E-state index is 0.268.